The Morgan fingerprint density at radius 1 is 1.39 bits per heavy atom. The third kappa shape index (κ3) is 3.95. The molecule has 0 heterocycles. The number of alkyl halides is 2. The average molecular weight is 462 g/mol. The van der Waals surface area contributed by atoms with E-state index in [4.69, 9.17) is 11.6 Å². The molecular formula is C12H13Br3ClNO. The number of hydrogen-bond acceptors (Lipinski definition) is 1. The van der Waals surface area contributed by atoms with Crippen LogP contribution in [0.3, 0.4) is 0 Å². The molecule has 0 bridgehead atoms. The first-order chi connectivity index (χ1) is 8.48. The lowest BCUT2D eigenvalue weighted by Crippen LogP contribution is -2.51. The molecule has 0 aromatic heterocycles. The normalized spacial score (nSPS) is 11.4. The fraction of sp³-hybridized carbons (Fsp3) is 0.417. The van der Waals surface area contributed by atoms with Gasteiger partial charge in [-0.25, -0.2) is 0 Å². The Hall–Kier alpha value is 0.420. The lowest BCUT2D eigenvalue weighted by molar-refractivity contribution is 0.0914. The van der Waals surface area contributed by atoms with Crippen molar-refractivity contribution >= 4 is 65.3 Å². The number of benzene rings is 1. The lowest BCUT2D eigenvalue weighted by Gasteiger charge is -2.30. The summed E-state index contributed by atoms with van der Waals surface area (Å²) >= 11 is 16.2. The van der Waals surface area contributed by atoms with Gasteiger partial charge in [0.25, 0.3) is 5.91 Å². The minimum absolute atomic E-state index is 0.134. The second kappa shape index (κ2) is 7.27. The molecule has 2 nitrogen and oxygen atoms in total. The van der Waals surface area contributed by atoms with E-state index in [9.17, 15) is 4.79 Å². The quantitative estimate of drug-likeness (QED) is 0.628. The van der Waals surface area contributed by atoms with Gasteiger partial charge in [-0.05, 0) is 40.5 Å². The first-order valence-electron chi connectivity index (χ1n) is 5.37. The summed E-state index contributed by atoms with van der Waals surface area (Å²) in [6.07, 6.45) is 0.827. The van der Waals surface area contributed by atoms with Crippen LogP contribution in [0.15, 0.2) is 22.7 Å². The van der Waals surface area contributed by atoms with Crippen molar-refractivity contribution in [3.8, 4) is 0 Å². The van der Waals surface area contributed by atoms with Gasteiger partial charge in [-0.3, -0.25) is 4.79 Å². The molecule has 18 heavy (non-hydrogen) atoms. The van der Waals surface area contributed by atoms with Crippen LogP contribution in [0.2, 0.25) is 5.02 Å². The Kier molecular flexibility index (Phi) is 6.65. The highest BCUT2D eigenvalue weighted by atomic mass is 79.9. The Morgan fingerprint density at radius 3 is 2.50 bits per heavy atom. The van der Waals surface area contributed by atoms with Crippen LogP contribution in [-0.4, -0.2) is 22.1 Å². The Morgan fingerprint density at radius 2 is 2.00 bits per heavy atom. The number of carbonyl (C=O) groups excluding carboxylic acids is 1. The number of nitrogens with one attached hydrogen (secondary N) is 1. The van der Waals surface area contributed by atoms with Gasteiger partial charge >= 0.3 is 0 Å². The summed E-state index contributed by atoms with van der Waals surface area (Å²) < 4.78 is 0.735. The van der Waals surface area contributed by atoms with Crippen molar-refractivity contribution in [3.63, 3.8) is 0 Å². The zero-order valence-electron chi connectivity index (χ0n) is 9.77. The molecule has 100 valence electrons. The highest BCUT2D eigenvalue weighted by Gasteiger charge is 2.28. The summed E-state index contributed by atoms with van der Waals surface area (Å²) in [5.41, 5.74) is 0.251. The van der Waals surface area contributed by atoms with Crippen molar-refractivity contribution in [3.05, 3.63) is 33.3 Å². The smallest absolute Gasteiger partial charge is 0.252 e. The van der Waals surface area contributed by atoms with E-state index in [-0.39, 0.29) is 11.4 Å². The molecule has 0 saturated carbocycles. The van der Waals surface area contributed by atoms with Crippen molar-refractivity contribution in [1.82, 2.24) is 5.32 Å². The maximum Gasteiger partial charge on any atom is 0.252 e. The number of rotatable bonds is 5. The van der Waals surface area contributed by atoms with Crippen LogP contribution in [0.5, 0.6) is 0 Å². The van der Waals surface area contributed by atoms with Crippen LogP contribution in [0.1, 0.15) is 23.7 Å². The molecule has 0 unspecified atom stereocenters. The molecular weight excluding hydrogens is 449 g/mol. The highest BCUT2D eigenvalue weighted by Crippen LogP contribution is 2.23. The second-order valence-electron chi connectivity index (χ2n) is 3.98. The molecule has 0 aliphatic heterocycles. The van der Waals surface area contributed by atoms with E-state index in [2.05, 4.69) is 53.1 Å². The summed E-state index contributed by atoms with van der Waals surface area (Å²) in [7, 11) is 0. The summed E-state index contributed by atoms with van der Waals surface area (Å²) in [4.78, 5) is 12.3. The molecule has 0 atom stereocenters. The van der Waals surface area contributed by atoms with Crippen molar-refractivity contribution < 1.29 is 4.79 Å². The van der Waals surface area contributed by atoms with Gasteiger partial charge in [0.1, 0.15) is 0 Å². The number of hydrogen-bond donors (Lipinski definition) is 1. The van der Waals surface area contributed by atoms with E-state index in [0.29, 0.717) is 21.2 Å². The monoisotopic (exact) mass is 459 g/mol. The third-order valence-electron chi connectivity index (χ3n) is 2.74. The summed E-state index contributed by atoms with van der Waals surface area (Å²) in [5, 5.41) is 4.96. The Bertz CT molecular complexity index is 427. The Balaban J connectivity index is 2.97. The highest BCUT2D eigenvalue weighted by molar-refractivity contribution is 9.10. The molecule has 6 heteroatoms. The zero-order valence-corrected chi connectivity index (χ0v) is 15.3. The number of carbonyl (C=O) groups is 1. The summed E-state index contributed by atoms with van der Waals surface area (Å²) in [5.74, 6) is -0.134. The topological polar surface area (TPSA) is 29.1 Å². The van der Waals surface area contributed by atoms with Gasteiger partial charge in [0.05, 0.1) is 11.1 Å². The standard InChI is InChI=1S/C12H13Br3ClNO/c1-2-12(6-13,7-14)17-11(18)9-5-8(16)3-4-10(9)15/h3-5H,2,6-7H2,1H3,(H,17,18). The fourth-order valence-corrected chi connectivity index (χ4v) is 3.96. The SMILES string of the molecule is CCC(CBr)(CBr)NC(=O)c1cc(Cl)ccc1Br. The first kappa shape index (κ1) is 16.5. The van der Waals surface area contributed by atoms with Crippen LogP contribution in [-0.2, 0) is 0 Å². The van der Waals surface area contributed by atoms with E-state index < -0.39 is 0 Å². The molecule has 0 saturated heterocycles. The minimum atomic E-state index is -0.293. The van der Waals surface area contributed by atoms with E-state index in [1.165, 1.54) is 0 Å². The van der Waals surface area contributed by atoms with Crippen LogP contribution in [0.25, 0.3) is 0 Å². The largest absolute Gasteiger partial charge is 0.345 e. The predicted molar refractivity (Wildman–Crippen MR) is 87.2 cm³/mol. The van der Waals surface area contributed by atoms with Gasteiger partial charge in [-0.2, -0.15) is 0 Å². The minimum Gasteiger partial charge on any atom is -0.345 e. The molecule has 1 rings (SSSR count). The van der Waals surface area contributed by atoms with Crippen molar-refractivity contribution in [1.29, 1.82) is 0 Å². The second-order valence-corrected chi connectivity index (χ2v) is 6.39. The van der Waals surface area contributed by atoms with Gasteiger partial charge in [-0.1, -0.05) is 50.4 Å². The molecule has 1 aromatic rings. The number of halogens is 4. The van der Waals surface area contributed by atoms with Crippen molar-refractivity contribution in [2.24, 2.45) is 0 Å². The first-order valence-corrected chi connectivity index (χ1v) is 8.79. The molecule has 1 N–H and O–H groups in total. The molecule has 0 aliphatic carbocycles. The van der Waals surface area contributed by atoms with Crippen LogP contribution in [0, 0.1) is 0 Å². The lowest BCUT2D eigenvalue weighted by atomic mass is 10.0. The average Bonchev–Trinajstić information content (AvgIpc) is 2.38. The van der Waals surface area contributed by atoms with Gasteiger partial charge < -0.3 is 5.32 Å². The predicted octanol–water partition coefficient (Wildman–Crippen LogP) is 4.77. The number of amides is 1. The van der Waals surface area contributed by atoms with Gasteiger partial charge in [0.2, 0.25) is 0 Å². The zero-order chi connectivity index (χ0) is 13.8. The molecule has 0 fully saturated rings. The van der Waals surface area contributed by atoms with E-state index in [0.717, 1.165) is 10.9 Å². The maximum absolute atomic E-state index is 12.3. The molecule has 0 radical (unpaired) electrons. The van der Waals surface area contributed by atoms with Gasteiger partial charge in [0, 0.05) is 20.2 Å². The van der Waals surface area contributed by atoms with Gasteiger partial charge in [0.15, 0.2) is 0 Å². The maximum atomic E-state index is 12.3. The van der Waals surface area contributed by atoms with Gasteiger partial charge in [-0.15, -0.1) is 0 Å². The molecule has 1 amide bonds. The molecule has 0 aliphatic rings. The third-order valence-corrected chi connectivity index (χ3v) is 5.81. The van der Waals surface area contributed by atoms with E-state index >= 15 is 0 Å². The molecule has 0 spiro atoms. The molecule has 1 aromatic carbocycles. The van der Waals surface area contributed by atoms with E-state index in [1.807, 2.05) is 6.92 Å². The fourth-order valence-electron chi connectivity index (χ4n) is 1.36. The van der Waals surface area contributed by atoms with Crippen molar-refractivity contribution in [2.75, 3.05) is 10.7 Å². The van der Waals surface area contributed by atoms with E-state index in [1.54, 1.807) is 18.2 Å². The van der Waals surface area contributed by atoms with Crippen LogP contribution in [0.4, 0.5) is 0 Å². The van der Waals surface area contributed by atoms with Crippen molar-refractivity contribution in [2.45, 2.75) is 18.9 Å². The summed E-state index contributed by atoms with van der Waals surface area (Å²) in [6, 6.07) is 5.17. The summed E-state index contributed by atoms with van der Waals surface area (Å²) in [6.45, 7) is 2.04. The van der Waals surface area contributed by atoms with Crippen LogP contribution >= 0.6 is 59.4 Å². The Labute approximate surface area is 137 Å². The van der Waals surface area contributed by atoms with Crippen LogP contribution < -0.4 is 5.32 Å².